The van der Waals surface area contributed by atoms with Crippen molar-refractivity contribution in [1.29, 1.82) is 0 Å². The van der Waals surface area contributed by atoms with Crippen molar-refractivity contribution in [3.63, 3.8) is 0 Å². The van der Waals surface area contributed by atoms with Crippen molar-refractivity contribution in [1.82, 2.24) is 0 Å². The Kier molecular flexibility index (Phi) is 5.09. The first-order valence-electron chi connectivity index (χ1n) is 7.98. The summed E-state index contributed by atoms with van der Waals surface area (Å²) in [6.45, 7) is 19.6. The fourth-order valence-corrected chi connectivity index (χ4v) is 7.76. The van der Waals surface area contributed by atoms with Gasteiger partial charge in [-0.15, -0.1) is 0 Å². The van der Waals surface area contributed by atoms with Gasteiger partial charge in [0.1, 0.15) is 0 Å². The Hall–Kier alpha value is 0.651. The van der Waals surface area contributed by atoms with Crippen molar-refractivity contribution in [3.05, 3.63) is 60.7 Å². The van der Waals surface area contributed by atoms with E-state index in [1.807, 2.05) is 0 Å². The van der Waals surface area contributed by atoms with Crippen LogP contribution in [0.25, 0.3) is 0 Å². The molecular weight excluding hydrogens is 300 g/mol. The average molecular weight is 331 g/mol. The topological polar surface area (TPSA) is 0 Å². The van der Waals surface area contributed by atoms with E-state index < -0.39 is 24.2 Å². The quantitative estimate of drug-likeness (QED) is 0.631. The zero-order valence-corrected chi connectivity index (χ0v) is 18.0. The Morgan fingerprint density at radius 3 is 1.00 bits per heavy atom. The number of rotatable bonds is 4. The predicted molar refractivity (Wildman–Crippen MR) is 103 cm³/mol. The molecule has 0 nitrogen and oxygen atoms in total. The van der Waals surface area contributed by atoms with Crippen molar-refractivity contribution in [2.45, 2.75) is 52.4 Å². The predicted octanol–water partition coefficient (Wildman–Crippen LogP) is 5.08. The Morgan fingerprint density at radius 1 is 0.476 bits per heavy atom. The lowest BCUT2D eigenvalue weighted by molar-refractivity contribution is 1.30. The third kappa shape index (κ3) is 3.95. The van der Waals surface area contributed by atoms with Crippen molar-refractivity contribution in [2.75, 3.05) is 0 Å². The number of hydrogen-bond acceptors (Lipinski definition) is 0. The Labute approximate surface area is 137 Å². The molecule has 0 aromatic heterocycles. The molecule has 0 spiro atoms. The van der Waals surface area contributed by atoms with Crippen molar-refractivity contribution in [2.24, 2.45) is 0 Å². The molecule has 114 valence electrons. The third-order valence-electron chi connectivity index (χ3n) is 4.68. The summed E-state index contributed by atoms with van der Waals surface area (Å²) in [6, 6.07) is 0. The highest BCUT2D eigenvalue weighted by atomic mass is 28.3. The normalized spacial score (nSPS) is 25.1. The summed E-state index contributed by atoms with van der Waals surface area (Å²) < 4.78 is 0. The summed E-state index contributed by atoms with van der Waals surface area (Å²) in [7, 11) is -3.90. The van der Waals surface area contributed by atoms with Crippen LogP contribution in [0.3, 0.4) is 0 Å². The van der Waals surface area contributed by atoms with Gasteiger partial charge in [-0.3, -0.25) is 0 Å². The van der Waals surface area contributed by atoms with Crippen LogP contribution in [-0.2, 0) is 0 Å². The molecule has 0 aliphatic heterocycles. The van der Waals surface area contributed by atoms with E-state index >= 15 is 0 Å². The van der Waals surface area contributed by atoms with Gasteiger partial charge in [-0.05, 0) is 60.7 Å². The molecule has 2 saturated carbocycles. The maximum absolute atomic E-state index is 2.51. The van der Waals surface area contributed by atoms with E-state index in [0.29, 0.717) is 0 Å². The second-order valence-electron chi connectivity index (χ2n) is 8.90. The van der Waals surface area contributed by atoms with Crippen molar-refractivity contribution >= 4 is 24.2 Å². The first kappa shape index (κ1) is 18.0. The molecule has 0 saturated heterocycles. The maximum atomic E-state index is 2.51. The first-order valence-corrected chi connectivity index (χ1v) is 18.0. The molecule has 0 aromatic rings. The number of hydrogen-bond donors (Lipinski definition) is 0. The van der Waals surface area contributed by atoms with Gasteiger partial charge in [-0.1, -0.05) is 52.4 Å². The van der Waals surface area contributed by atoms with E-state index in [9.17, 15) is 0 Å². The van der Waals surface area contributed by atoms with Gasteiger partial charge in [0.15, 0.2) is 0 Å². The largest absolute Gasteiger partial charge is 0.0691 e. The second kappa shape index (κ2) is 5.94. The average Bonchev–Trinajstić information content (AvgIpc) is 2.97. The first-order chi connectivity index (χ1) is 9.42. The Bertz CT molecular complexity index is 328. The van der Waals surface area contributed by atoms with Gasteiger partial charge in [-0.2, -0.15) is 0 Å². The van der Waals surface area contributed by atoms with Gasteiger partial charge >= 0.3 is 0 Å². The van der Waals surface area contributed by atoms with E-state index in [4.69, 9.17) is 0 Å². The summed E-state index contributed by atoms with van der Waals surface area (Å²) in [5, 5.41) is 0. The molecule has 2 aliphatic rings. The SMILES string of the molecule is C[Si](C)(C)[C]1[CH][CH][C]([Si](C)(C)[C]2[CH][CH][C]([Si](C)(C)C)[CH]2)[CH]1. The van der Waals surface area contributed by atoms with Gasteiger partial charge in [0.2, 0.25) is 0 Å². The zero-order chi connectivity index (χ0) is 16.1. The minimum atomic E-state index is -1.53. The van der Waals surface area contributed by atoms with E-state index in [1.54, 1.807) is 22.2 Å². The van der Waals surface area contributed by atoms with Crippen molar-refractivity contribution in [3.8, 4) is 0 Å². The fraction of sp³-hybridized carbons (Fsp3) is 0.444. The Balaban J connectivity index is 2.00. The van der Waals surface area contributed by atoms with Gasteiger partial charge in [0.05, 0.1) is 24.2 Å². The lowest BCUT2D eigenvalue weighted by Crippen LogP contribution is -2.42. The van der Waals surface area contributed by atoms with Crippen molar-refractivity contribution < 1.29 is 0 Å². The van der Waals surface area contributed by atoms with E-state index in [0.717, 1.165) is 0 Å². The molecule has 10 radical (unpaired) electrons. The van der Waals surface area contributed by atoms with E-state index in [2.05, 4.69) is 90.9 Å². The standard InChI is InChI=1S/C18H30Si3/c1-19(2,3)15-9-11-17(13-15)21(7,8)18-12-10-16(14-18)20(4,5)6/h9-14H,1-8H3. The minimum absolute atomic E-state index is 1.19. The molecule has 2 fully saturated rings. The Morgan fingerprint density at radius 2 is 0.762 bits per heavy atom. The molecule has 3 heteroatoms. The molecule has 0 N–H and O–H groups in total. The summed E-state index contributed by atoms with van der Waals surface area (Å²) in [5.74, 6) is 0. The van der Waals surface area contributed by atoms with Gasteiger partial charge in [-0.25, -0.2) is 0 Å². The highest BCUT2D eigenvalue weighted by molar-refractivity contribution is 6.91. The van der Waals surface area contributed by atoms with Crippen LogP contribution in [0.5, 0.6) is 0 Å². The highest BCUT2D eigenvalue weighted by Crippen LogP contribution is 2.50. The molecule has 0 aromatic carbocycles. The van der Waals surface area contributed by atoms with Gasteiger partial charge < -0.3 is 0 Å². The summed E-state index contributed by atoms with van der Waals surface area (Å²) in [4.78, 5) is 0. The third-order valence-corrected chi connectivity index (χ3v) is 12.3. The van der Waals surface area contributed by atoms with Crippen LogP contribution in [-0.4, -0.2) is 24.2 Å². The molecule has 0 amide bonds. The van der Waals surface area contributed by atoms with E-state index in [1.165, 1.54) is 0 Å². The molecule has 2 rings (SSSR count). The molecule has 0 bridgehead atoms. The zero-order valence-electron chi connectivity index (χ0n) is 15.0. The van der Waals surface area contributed by atoms with Crippen LogP contribution in [0.15, 0.2) is 0 Å². The lowest BCUT2D eigenvalue weighted by Gasteiger charge is -2.36. The van der Waals surface area contributed by atoms with Gasteiger partial charge in [0, 0.05) is 0 Å². The van der Waals surface area contributed by atoms with Crippen LogP contribution in [0, 0.1) is 60.7 Å². The summed E-state index contributed by atoms with van der Waals surface area (Å²) in [5.41, 5.74) is 6.42. The fourth-order valence-electron chi connectivity index (χ4n) is 2.76. The molecule has 0 unspecified atom stereocenters. The van der Waals surface area contributed by atoms with Crippen LogP contribution < -0.4 is 0 Å². The molecule has 21 heavy (non-hydrogen) atoms. The monoisotopic (exact) mass is 330 g/mol. The highest BCUT2D eigenvalue weighted by Gasteiger charge is 2.50. The molecular formula is C18H30Si3. The van der Waals surface area contributed by atoms with Crippen LogP contribution in [0.4, 0.5) is 0 Å². The second-order valence-corrected chi connectivity index (χ2v) is 23.5. The molecule has 2 aliphatic carbocycles. The minimum Gasteiger partial charge on any atom is -0.0691 e. The van der Waals surface area contributed by atoms with Crippen LogP contribution >= 0.6 is 0 Å². The van der Waals surface area contributed by atoms with E-state index in [-0.39, 0.29) is 0 Å². The van der Waals surface area contributed by atoms with Crippen LogP contribution in [0.2, 0.25) is 52.4 Å². The smallest absolute Gasteiger partial charge is 0.0618 e. The summed E-state index contributed by atoms with van der Waals surface area (Å²) >= 11 is 0. The maximum Gasteiger partial charge on any atom is 0.0618 e. The van der Waals surface area contributed by atoms with Crippen LogP contribution in [0.1, 0.15) is 0 Å². The lowest BCUT2D eigenvalue weighted by atomic mass is 10.3. The summed E-state index contributed by atoms with van der Waals surface area (Å²) in [6.07, 6.45) is 14.6. The molecule has 0 heterocycles. The van der Waals surface area contributed by atoms with Gasteiger partial charge in [0.25, 0.3) is 0 Å². The molecule has 0 atom stereocenters.